The number of hydrogen-bond donors (Lipinski definition) is 1. The second-order valence-corrected chi connectivity index (χ2v) is 1.31. The van der Waals surface area contributed by atoms with Crippen molar-refractivity contribution in [2.45, 2.75) is 12.6 Å². The molecule has 0 bridgehead atoms. The minimum atomic E-state index is -4.63. The molecule has 0 rings (SSSR count). The zero-order valence-corrected chi connectivity index (χ0v) is 4.29. The number of rotatable bonds is 1. The van der Waals surface area contributed by atoms with Gasteiger partial charge in [-0.15, -0.1) is 0 Å². The lowest BCUT2D eigenvalue weighted by atomic mass is 10.3. The van der Waals surface area contributed by atoms with E-state index in [1.165, 1.54) is 6.07 Å². The fraction of sp³-hybridized carbons (Fsp3) is 0.500. The number of alkyl halides is 3. The van der Waals surface area contributed by atoms with Gasteiger partial charge in [-0.2, -0.15) is 18.4 Å². The normalized spacial score (nSPS) is 10.4. The lowest BCUT2D eigenvalue weighted by Crippen LogP contribution is -2.20. The van der Waals surface area contributed by atoms with Crippen LogP contribution in [0.5, 0.6) is 0 Å². The van der Waals surface area contributed by atoms with Crippen LogP contribution in [0.1, 0.15) is 6.42 Å². The molecule has 0 aromatic carbocycles. The van der Waals surface area contributed by atoms with Crippen molar-refractivity contribution in [2.24, 2.45) is 0 Å². The van der Waals surface area contributed by atoms with Crippen LogP contribution in [0.3, 0.4) is 0 Å². The maximum atomic E-state index is 11.3. The highest BCUT2D eigenvalue weighted by atomic mass is 19.4. The average molecular weight is 136 g/mol. The molecule has 0 heterocycles. The highest BCUT2D eigenvalue weighted by Gasteiger charge is 2.33. The van der Waals surface area contributed by atoms with Gasteiger partial charge >= 0.3 is 6.18 Å². The summed E-state index contributed by atoms with van der Waals surface area (Å²) < 4.78 is 33.8. The first kappa shape index (κ1) is 7.95. The molecule has 0 aromatic rings. The number of nitrogens with zero attached hydrogens (tertiary/aromatic N) is 1. The second-order valence-electron chi connectivity index (χ2n) is 1.31. The summed E-state index contributed by atoms with van der Waals surface area (Å²) in [6.45, 7) is 0. The number of nitrogens with one attached hydrogen (secondary N) is 1. The highest BCUT2D eigenvalue weighted by Crippen LogP contribution is 2.17. The molecule has 0 fully saturated rings. The summed E-state index contributed by atoms with van der Waals surface area (Å²) in [5, 5.41) is 13.9. The Morgan fingerprint density at radius 1 is 1.56 bits per heavy atom. The van der Waals surface area contributed by atoms with Crippen LogP contribution in [0.2, 0.25) is 0 Å². The molecule has 0 aliphatic heterocycles. The molecule has 0 radical (unpaired) electrons. The lowest BCUT2D eigenvalue weighted by Gasteiger charge is -2.01. The van der Waals surface area contributed by atoms with E-state index >= 15 is 0 Å². The summed E-state index contributed by atoms with van der Waals surface area (Å²) in [6, 6.07) is 1.23. The first-order chi connectivity index (χ1) is 3.98. The van der Waals surface area contributed by atoms with E-state index in [1.807, 2.05) is 0 Å². The van der Waals surface area contributed by atoms with Crippen molar-refractivity contribution >= 4 is 5.71 Å². The molecule has 0 aromatic heterocycles. The third-order valence-corrected chi connectivity index (χ3v) is 0.598. The summed E-state index contributed by atoms with van der Waals surface area (Å²) in [5.74, 6) is 0. The van der Waals surface area contributed by atoms with Crippen molar-refractivity contribution in [3.8, 4) is 6.07 Å². The highest BCUT2D eigenvalue weighted by molar-refractivity contribution is 5.88. The van der Waals surface area contributed by atoms with Crippen molar-refractivity contribution in [3.63, 3.8) is 0 Å². The molecule has 1 N–H and O–H groups in total. The average Bonchev–Trinajstić information content (AvgIpc) is 1.64. The van der Waals surface area contributed by atoms with E-state index in [4.69, 9.17) is 10.7 Å². The molecule has 0 amide bonds. The monoisotopic (exact) mass is 136 g/mol. The Balaban J connectivity index is 3.93. The molecule has 50 valence electrons. The van der Waals surface area contributed by atoms with Crippen LogP contribution in [-0.2, 0) is 0 Å². The minimum Gasteiger partial charge on any atom is -0.300 e. The molecule has 0 unspecified atom stereocenters. The van der Waals surface area contributed by atoms with Gasteiger partial charge in [0.2, 0.25) is 0 Å². The summed E-state index contributed by atoms with van der Waals surface area (Å²) in [7, 11) is 0. The number of nitriles is 1. The van der Waals surface area contributed by atoms with E-state index in [0.29, 0.717) is 0 Å². The van der Waals surface area contributed by atoms with E-state index in [-0.39, 0.29) is 0 Å². The third-order valence-electron chi connectivity index (χ3n) is 0.598. The van der Waals surface area contributed by atoms with Crippen LogP contribution in [0, 0.1) is 16.7 Å². The van der Waals surface area contributed by atoms with E-state index < -0.39 is 18.3 Å². The van der Waals surface area contributed by atoms with Crippen molar-refractivity contribution in [2.75, 3.05) is 0 Å². The van der Waals surface area contributed by atoms with Gasteiger partial charge < -0.3 is 0 Å². The van der Waals surface area contributed by atoms with Crippen LogP contribution in [0.25, 0.3) is 0 Å². The van der Waals surface area contributed by atoms with Crippen LogP contribution < -0.4 is 0 Å². The SMILES string of the molecule is N#CCC(=N)C(F)(F)F. The maximum Gasteiger partial charge on any atom is 0.429 e. The van der Waals surface area contributed by atoms with Gasteiger partial charge in [0.1, 0.15) is 5.71 Å². The van der Waals surface area contributed by atoms with Gasteiger partial charge in [0.15, 0.2) is 0 Å². The molecule has 0 saturated carbocycles. The van der Waals surface area contributed by atoms with Crippen molar-refractivity contribution in [1.82, 2.24) is 0 Å². The number of halogens is 3. The van der Waals surface area contributed by atoms with Gasteiger partial charge in [-0.25, -0.2) is 0 Å². The Labute approximate surface area is 49.4 Å². The zero-order chi connectivity index (χ0) is 7.49. The standard InChI is InChI=1S/C4H3F3N2/c5-4(6,7)3(9)1-2-8/h9H,1H2. The largest absolute Gasteiger partial charge is 0.429 e. The van der Waals surface area contributed by atoms with Crippen LogP contribution in [0.15, 0.2) is 0 Å². The Morgan fingerprint density at radius 3 is 2.11 bits per heavy atom. The predicted molar refractivity (Wildman–Crippen MR) is 24.0 cm³/mol. The van der Waals surface area contributed by atoms with Crippen molar-refractivity contribution in [1.29, 1.82) is 10.7 Å². The Hall–Kier alpha value is -1.05. The Kier molecular flexibility index (Phi) is 2.20. The smallest absolute Gasteiger partial charge is 0.300 e. The topological polar surface area (TPSA) is 47.6 Å². The number of hydrogen-bond acceptors (Lipinski definition) is 2. The molecule has 0 spiro atoms. The fourth-order valence-electron chi connectivity index (χ4n) is 0.179. The van der Waals surface area contributed by atoms with Gasteiger partial charge in [-0.3, -0.25) is 5.41 Å². The van der Waals surface area contributed by atoms with Crippen molar-refractivity contribution < 1.29 is 13.2 Å². The van der Waals surface area contributed by atoms with E-state index in [0.717, 1.165) is 0 Å². The van der Waals surface area contributed by atoms with Crippen molar-refractivity contribution in [3.05, 3.63) is 0 Å². The molecular formula is C4H3F3N2. The molecule has 0 atom stereocenters. The first-order valence-corrected chi connectivity index (χ1v) is 2.00. The summed E-state index contributed by atoms with van der Waals surface area (Å²) in [6.07, 6.45) is -5.50. The molecule has 0 aliphatic rings. The quantitative estimate of drug-likeness (QED) is 0.545. The van der Waals surface area contributed by atoms with E-state index in [1.54, 1.807) is 0 Å². The molecular weight excluding hydrogens is 133 g/mol. The van der Waals surface area contributed by atoms with Gasteiger partial charge in [0.05, 0.1) is 12.5 Å². The third kappa shape index (κ3) is 2.69. The van der Waals surface area contributed by atoms with Crippen LogP contribution in [-0.4, -0.2) is 11.9 Å². The van der Waals surface area contributed by atoms with E-state index in [9.17, 15) is 13.2 Å². The molecule has 0 saturated heterocycles. The van der Waals surface area contributed by atoms with Crippen LogP contribution >= 0.6 is 0 Å². The Bertz CT molecular complexity index is 152. The van der Waals surface area contributed by atoms with Crippen LogP contribution in [0.4, 0.5) is 13.2 Å². The summed E-state index contributed by atoms with van der Waals surface area (Å²) in [4.78, 5) is 0. The zero-order valence-electron chi connectivity index (χ0n) is 4.29. The van der Waals surface area contributed by atoms with E-state index in [2.05, 4.69) is 0 Å². The first-order valence-electron chi connectivity index (χ1n) is 2.00. The van der Waals surface area contributed by atoms with Gasteiger partial charge in [-0.05, 0) is 0 Å². The summed E-state index contributed by atoms with van der Waals surface area (Å²) in [5.41, 5.74) is -1.50. The molecule has 9 heavy (non-hydrogen) atoms. The van der Waals surface area contributed by atoms with Gasteiger partial charge in [-0.1, -0.05) is 0 Å². The maximum absolute atomic E-state index is 11.3. The summed E-state index contributed by atoms with van der Waals surface area (Å²) >= 11 is 0. The lowest BCUT2D eigenvalue weighted by molar-refractivity contribution is -0.0606. The Morgan fingerprint density at radius 2 is 2.00 bits per heavy atom. The predicted octanol–water partition coefficient (Wildman–Crippen LogP) is 1.48. The van der Waals surface area contributed by atoms with Gasteiger partial charge in [0, 0.05) is 0 Å². The molecule has 2 nitrogen and oxygen atoms in total. The fourth-order valence-corrected chi connectivity index (χ4v) is 0.179. The molecule has 5 heteroatoms. The van der Waals surface area contributed by atoms with Gasteiger partial charge in [0.25, 0.3) is 0 Å². The second kappa shape index (κ2) is 2.49. The minimum absolute atomic E-state index is 0.872. The molecule has 0 aliphatic carbocycles.